The topological polar surface area (TPSA) is 72.7 Å². The average Bonchev–Trinajstić information content (AvgIpc) is 3.09. The standard InChI is InChI=1S/C18H16F3N5OS/c1-11-6-3-4-9-15(11)26-17(23-24-25-26)28-12(2)16(27)22-14-8-5-7-13(10-14)18(19,20)21/h3-10,12H,1-2H3,(H,22,27). The lowest BCUT2D eigenvalue weighted by Crippen LogP contribution is -2.23. The van der Waals surface area contributed by atoms with E-state index in [1.165, 1.54) is 16.8 Å². The quantitative estimate of drug-likeness (QED) is 0.645. The number of benzene rings is 2. The predicted molar refractivity (Wildman–Crippen MR) is 99.3 cm³/mol. The van der Waals surface area contributed by atoms with Gasteiger partial charge in [0, 0.05) is 5.69 Å². The number of carbonyl (C=O) groups excluding carboxylic acids is 1. The van der Waals surface area contributed by atoms with Crippen molar-refractivity contribution in [2.45, 2.75) is 30.4 Å². The van der Waals surface area contributed by atoms with Gasteiger partial charge in [-0.2, -0.15) is 17.9 Å². The summed E-state index contributed by atoms with van der Waals surface area (Å²) < 4.78 is 40.0. The van der Waals surface area contributed by atoms with Crippen LogP contribution in [-0.2, 0) is 11.0 Å². The first-order valence-corrected chi connectivity index (χ1v) is 9.13. The molecule has 0 spiro atoms. The number of anilines is 1. The molecule has 3 rings (SSSR count). The summed E-state index contributed by atoms with van der Waals surface area (Å²) in [5, 5.41) is 13.8. The zero-order valence-electron chi connectivity index (χ0n) is 14.9. The third-order valence-electron chi connectivity index (χ3n) is 3.89. The minimum Gasteiger partial charge on any atom is -0.325 e. The smallest absolute Gasteiger partial charge is 0.325 e. The normalized spacial score (nSPS) is 12.6. The van der Waals surface area contributed by atoms with Crippen molar-refractivity contribution in [3.63, 3.8) is 0 Å². The average molecular weight is 407 g/mol. The van der Waals surface area contributed by atoms with Gasteiger partial charge in [0.05, 0.1) is 16.5 Å². The van der Waals surface area contributed by atoms with Gasteiger partial charge in [-0.25, -0.2) is 0 Å². The molecule has 2 aromatic carbocycles. The van der Waals surface area contributed by atoms with Gasteiger partial charge in [-0.15, -0.1) is 5.10 Å². The van der Waals surface area contributed by atoms with Crippen molar-refractivity contribution in [2.75, 3.05) is 5.32 Å². The zero-order valence-corrected chi connectivity index (χ0v) is 15.8. The fraction of sp³-hybridized carbons (Fsp3) is 0.222. The number of alkyl halides is 3. The number of nitrogens with one attached hydrogen (secondary N) is 1. The van der Waals surface area contributed by atoms with E-state index in [4.69, 9.17) is 0 Å². The highest BCUT2D eigenvalue weighted by atomic mass is 32.2. The molecule has 28 heavy (non-hydrogen) atoms. The van der Waals surface area contributed by atoms with Crippen LogP contribution in [0, 0.1) is 6.92 Å². The highest BCUT2D eigenvalue weighted by Gasteiger charge is 2.30. The summed E-state index contributed by atoms with van der Waals surface area (Å²) in [5.74, 6) is -0.455. The zero-order chi connectivity index (χ0) is 20.3. The number of amides is 1. The third kappa shape index (κ3) is 4.50. The summed E-state index contributed by atoms with van der Waals surface area (Å²) in [5.41, 5.74) is 0.984. The Bertz CT molecular complexity index is 989. The van der Waals surface area contributed by atoms with Gasteiger partial charge >= 0.3 is 6.18 Å². The molecule has 146 valence electrons. The van der Waals surface area contributed by atoms with Crippen LogP contribution in [0.15, 0.2) is 53.7 Å². The van der Waals surface area contributed by atoms with Crippen LogP contribution in [0.1, 0.15) is 18.1 Å². The Balaban J connectivity index is 1.73. The Morgan fingerprint density at radius 2 is 1.93 bits per heavy atom. The van der Waals surface area contributed by atoms with Crippen LogP contribution in [0.2, 0.25) is 0 Å². The van der Waals surface area contributed by atoms with Crippen molar-refractivity contribution in [2.24, 2.45) is 0 Å². The van der Waals surface area contributed by atoms with E-state index in [0.29, 0.717) is 5.16 Å². The maximum atomic E-state index is 12.8. The highest BCUT2D eigenvalue weighted by Crippen LogP contribution is 2.31. The van der Waals surface area contributed by atoms with Crippen LogP contribution in [-0.4, -0.2) is 31.4 Å². The summed E-state index contributed by atoms with van der Waals surface area (Å²) in [7, 11) is 0. The van der Waals surface area contributed by atoms with Gasteiger partial charge in [-0.3, -0.25) is 4.79 Å². The first-order chi connectivity index (χ1) is 13.3. The number of nitrogens with zero attached hydrogens (tertiary/aromatic N) is 4. The van der Waals surface area contributed by atoms with Crippen LogP contribution >= 0.6 is 11.8 Å². The molecule has 0 saturated heterocycles. The van der Waals surface area contributed by atoms with Crippen LogP contribution in [0.25, 0.3) is 5.69 Å². The Morgan fingerprint density at radius 1 is 1.18 bits per heavy atom. The number of carbonyl (C=O) groups is 1. The summed E-state index contributed by atoms with van der Waals surface area (Å²) in [6, 6.07) is 12.0. The molecule has 1 aromatic heterocycles. The number of hydrogen-bond donors (Lipinski definition) is 1. The predicted octanol–water partition coefficient (Wildman–Crippen LogP) is 4.11. The van der Waals surface area contributed by atoms with E-state index in [1.54, 1.807) is 6.92 Å². The van der Waals surface area contributed by atoms with Crippen molar-refractivity contribution >= 4 is 23.4 Å². The van der Waals surface area contributed by atoms with Gasteiger partial charge in [0.2, 0.25) is 11.1 Å². The number of halogens is 3. The molecule has 0 aliphatic carbocycles. The number of thioether (sulfide) groups is 1. The minimum atomic E-state index is -4.48. The molecule has 3 aromatic rings. The fourth-order valence-corrected chi connectivity index (χ4v) is 3.23. The van der Waals surface area contributed by atoms with E-state index in [9.17, 15) is 18.0 Å². The van der Waals surface area contributed by atoms with Gasteiger partial charge in [0.15, 0.2) is 0 Å². The van der Waals surface area contributed by atoms with E-state index < -0.39 is 22.9 Å². The molecule has 1 unspecified atom stereocenters. The van der Waals surface area contributed by atoms with Crippen molar-refractivity contribution in [1.29, 1.82) is 0 Å². The van der Waals surface area contributed by atoms with Crippen molar-refractivity contribution in [1.82, 2.24) is 20.2 Å². The molecule has 0 aliphatic rings. The lowest BCUT2D eigenvalue weighted by molar-refractivity contribution is -0.137. The lowest BCUT2D eigenvalue weighted by Gasteiger charge is -2.13. The first-order valence-electron chi connectivity index (χ1n) is 8.25. The summed E-state index contributed by atoms with van der Waals surface area (Å²) >= 11 is 1.11. The molecule has 0 bridgehead atoms. The summed E-state index contributed by atoms with van der Waals surface area (Å²) in [6.45, 7) is 3.54. The summed E-state index contributed by atoms with van der Waals surface area (Å²) in [6.07, 6.45) is -4.48. The SMILES string of the molecule is Cc1ccccc1-n1nnnc1SC(C)C(=O)Nc1cccc(C(F)(F)F)c1. The monoisotopic (exact) mass is 407 g/mol. The second-order valence-corrected chi connectivity index (χ2v) is 7.30. The second kappa shape index (κ2) is 8.01. The van der Waals surface area contributed by atoms with Crippen molar-refractivity contribution in [3.8, 4) is 5.69 Å². The second-order valence-electron chi connectivity index (χ2n) is 5.99. The maximum absolute atomic E-state index is 12.8. The molecule has 0 aliphatic heterocycles. The van der Waals surface area contributed by atoms with E-state index in [2.05, 4.69) is 20.8 Å². The molecule has 10 heteroatoms. The van der Waals surface area contributed by atoms with Gasteiger partial charge in [0.25, 0.3) is 0 Å². The van der Waals surface area contributed by atoms with Crippen molar-refractivity contribution < 1.29 is 18.0 Å². The molecule has 1 heterocycles. The molecule has 0 fully saturated rings. The Kier molecular flexibility index (Phi) is 5.68. The van der Waals surface area contributed by atoms with Crippen molar-refractivity contribution in [3.05, 3.63) is 59.7 Å². The molecule has 1 amide bonds. The largest absolute Gasteiger partial charge is 0.416 e. The third-order valence-corrected chi connectivity index (χ3v) is 4.93. The van der Waals surface area contributed by atoms with Crippen LogP contribution in [0.5, 0.6) is 0 Å². The Hall–Kier alpha value is -2.88. The first kappa shape index (κ1) is 19.9. The molecular weight excluding hydrogens is 391 g/mol. The fourth-order valence-electron chi connectivity index (χ4n) is 2.43. The Morgan fingerprint density at radius 3 is 2.64 bits per heavy atom. The number of tetrazole rings is 1. The Labute approximate surface area is 163 Å². The molecule has 1 N–H and O–H groups in total. The highest BCUT2D eigenvalue weighted by molar-refractivity contribution is 8.00. The van der Waals surface area contributed by atoms with Gasteiger partial charge in [-0.1, -0.05) is 36.0 Å². The van der Waals surface area contributed by atoms with E-state index in [1.807, 2.05) is 31.2 Å². The molecule has 0 radical (unpaired) electrons. The number of aromatic nitrogens is 4. The van der Waals surface area contributed by atoms with E-state index in [0.717, 1.165) is 35.1 Å². The van der Waals surface area contributed by atoms with E-state index in [-0.39, 0.29) is 5.69 Å². The van der Waals surface area contributed by atoms with E-state index >= 15 is 0 Å². The maximum Gasteiger partial charge on any atom is 0.416 e. The number of aryl methyl sites for hydroxylation is 1. The van der Waals surface area contributed by atoms with Gasteiger partial charge in [0.1, 0.15) is 0 Å². The number of hydrogen-bond acceptors (Lipinski definition) is 5. The van der Waals surface area contributed by atoms with Crippen LogP contribution in [0.3, 0.4) is 0 Å². The molecular formula is C18H16F3N5OS. The molecule has 1 atom stereocenters. The summed E-state index contributed by atoms with van der Waals surface area (Å²) in [4.78, 5) is 12.4. The van der Waals surface area contributed by atoms with Crippen LogP contribution < -0.4 is 5.32 Å². The van der Waals surface area contributed by atoms with Crippen LogP contribution in [0.4, 0.5) is 18.9 Å². The molecule has 6 nitrogen and oxygen atoms in total. The minimum absolute atomic E-state index is 0.0748. The molecule has 0 saturated carbocycles. The lowest BCUT2D eigenvalue weighted by atomic mass is 10.2. The number of rotatable bonds is 5. The number of para-hydroxylation sites is 1. The van der Waals surface area contributed by atoms with Gasteiger partial charge in [-0.05, 0) is 54.1 Å². The van der Waals surface area contributed by atoms with Gasteiger partial charge < -0.3 is 5.32 Å².